The van der Waals surface area contributed by atoms with Gasteiger partial charge in [-0.25, -0.2) is 13.8 Å². The SMILES string of the molecule is CC(C)(C)c1ccnc(-n2c3[c-]c(Oc4[c-]c([N+]5=C=[N+](c6c(-c7ccccc7)cccc6-c6cc(F)cc(F)c6)c6ccccc65)cc(-c5ccccc5)c4)ccc3c3ccccc32)c1.[Pt+2]. The van der Waals surface area contributed by atoms with Crippen LogP contribution in [0.25, 0.3) is 61.0 Å². The van der Waals surface area contributed by atoms with Gasteiger partial charge in [-0.1, -0.05) is 140 Å². The van der Waals surface area contributed by atoms with Crippen LogP contribution in [0.3, 0.4) is 0 Å². The monoisotopic (exact) mass is 1040 g/mol. The van der Waals surface area contributed by atoms with Gasteiger partial charge < -0.3 is 9.30 Å². The zero-order valence-corrected chi connectivity index (χ0v) is 38.4. The van der Waals surface area contributed by atoms with Crippen LogP contribution in [0.5, 0.6) is 11.5 Å². The summed E-state index contributed by atoms with van der Waals surface area (Å²) in [5.74, 6) is 0.486. The zero-order chi connectivity index (χ0) is 44.2. The third kappa shape index (κ3) is 7.77. The molecule has 0 saturated heterocycles. The maximum atomic E-state index is 14.9. The molecule has 320 valence electrons. The molecule has 0 unspecified atom stereocenters. The summed E-state index contributed by atoms with van der Waals surface area (Å²) in [6.45, 7) is 6.61. The molecule has 3 heterocycles. The number of nitrogens with zero attached hydrogens (tertiary/aromatic N) is 4. The number of para-hydroxylation sites is 4. The third-order valence-electron chi connectivity index (χ3n) is 11.9. The van der Waals surface area contributed by atoms with Crippen molar-refractivity contribution in [3.05, 3.63) is 218 Å². The van der Waals surface area contributed by atoms with E-state index in [1.807, 2.05) is 125 Å². The molecule has 8 aromatic carbocycles. The van der Waals surface area contributed by atoms with Crippen molar-refractivity contribution in [1.82, 2.24) is 18.7 Å². The first-order chi connectivity index (χ1) is 31.7. The number of halogens is 2. The van der Waals surface area contributed by atoms with Gasteiger partial charge in [0.2, 0.25) is 5.69 Å². The van der Waals surface area contributed by atoms with E-state index in [9.17, 15) is 8.78 Å². The Morgan fingerprint density at radius 2 is 1.21 bits per heavy atom. The molecule has 66 heavy (non-hydrogen) atoms. The fourth-order valence-electron chi connectivity index (χ4n) is 8.78. The standard InChI is InChI=1S/C58H40F2N4O.Pt/c1-58(2,3)42-27-28-61-56(33-42)64-52-22-11-10-19-50(52)51-26-25-46(36-55(51)64)65-47-32-40(38-15-6-4-7-16-38)31-45(35-47)62-37-63(54-24-13-12-23-53(54)62)57-48(39-17-8-5-9-18-39)20-14-21-49(57)41-29-43(59)34-44(60)30-41;/h4-34H,1-3H3;/q;+2. The van der Waals surface area contributed by atoms with Crippen LogP contribution in [0.15, 0.2) is 188 Å². The Bertz CT molecular complexity index is 3550. The molecule has 0 aliphatic carbocycles. The van der Waals surface area contributed by atoms with Gasteiger partial charge in [0.15, 0.2) is 0 Å². The van der Waals surface area contributed by atoms with E-state index in [2.05, 4.69) is 98.1 Å². The number of ether oxygens (including phenoxy) is 1. The topological polar surface area (TPSA) is 33.1 Å². The summed E-state index contributed by atoms with van der Waals surface area (Å²) in [6.07, 6.45) is 1.87. The minimum atomic E-state index is -0.656. The van der Waals surface area contributed by atoms with Crippen molar-refractivity contribution in [2.24, 2.45) is 0 Å². The Balaban J connectivity index is 0.00000511. The molecule has 11 rings (SSSR count). The fourth-order valence-corrected chi connectivity index (χ4v) is 8.78. The van der Waals surface area contributed by atoms with Gasteiger partial charge in [-0.2, -0.15) is 6.07 Å². The van der Waals surface area contributed by atoms with E-state index in [4.69, 9.17) is 9.72 Å². The summed E-state index contributed by atoms with van der Waals surface area (Å²) in [7, 11) is 0. The molecule has 0 fully saturated rings. The number of pyridine rings is 1. The minimum absolute atomic E-state index is 0. The van der Waals surface area contributed by atoms with Crippen molar-refractivity contribution in [3.63, 3.8) is 0 Å². The van der Waals surface area contributed by atoms with Crippen molar-refractivity contribution in [1.29, 1.82) is 0 Å². The zero-order valence-electron chi connectivity index (χ0n) is 36.2. The molecular formula is C58H40F2N4OPt+2. The average molecular weight is 1040 g/mol. The molecule has 0 N–H and O–H groups in total. The summed E-state index contributed by atoms with van der Waals surface area (Å²) >= 11 is 0. The maximum Gasteiger partial charge on any atom is 2.00 e. The van der Waals surface area contributed by atoms with Crippen molar-refractivity contribution < 1.29 is 34.6 Å². The van der Waals surface area contributed by atoms with Crippen LogP contribution in [-0.2, 0) is 26.5 Å². The first kappa shape index (κ1) is 42.4. The maximum absolute atomic E-state index is 14.9. The van der Waals surface area contributed by atoms with E-state index in [-0.39, 0.29) is 26.5 Å². The van der Waals surface area contributed by atoms with E-state index >= 15 is 0 Å². The molecule has 0 amide bonds. The summed E-state index contributed by atoms with van der Waals surface area (Å²) in [5, 5.41) is 2.13. The molecule has 0 saturated carbocycles. The minimum Gasteiger partial charge on any atom is -0.509 e. The largest absolute Gasteiger partial charge is 2.00 e. The van der Waals surface area contributed by atoms with Gasteiger partial charge in [-0.3, -0.25) is 0 Å². The smallest absolute Gasteiger partial charge is 0.509 e. The number of fused-ring (bicyclic) bond motifs is 4. The predicted octanol–water partition coefficient (Wildman–Crippen LogP) is 15.0. The molecule has 1 aliphatic heterocycles. The van der Waals surface area contributed by atoms with Gasteiger partial charge >= 0.3 is 27.1 Å². The van der Waals surface area contributed by atoms with E-state index < -0.39 is 11.6 Å². The van der Waals surface area contributed by atoms with Crippen molar-refractivity contribution in [2.45, 2.75) is 26.2 Å². The molecule has 0 radical (unpaired) electrons. The Kier molecular flexibility index (Phi) is 11.0. The molecule has 10 aromatic rings. The van der Waals surface area contributed by atoms with Gasteiger partial charge in [0.25, 0.3) is 11.4 Å². The number of hydrogen-bond donors (Lipinski definition) is 0. The molecule has 2 aromatic heterocycles. The van der Waals surface area contributed by atoms with Crippen molar-refractivity contribution in [3.8, 4) is 50.7 Å². The first-order valence-corrected chi connectivity index (χ1v) is 21.5. The Hall–Kier alpha value is -7.56. The van der Waals surface area contributed by atoms with Crippen molar-refractivity contribution >= 4 is 50.6 Å². The Morgan fingerprint density at radius 1 is 0.561 bits per heavy atom. The Labute approximate surface area is 396 Å². The second kappa shape index (κ2) is 17.1. The number of rotatable bonds is 8. The number of aromatic nitrogens is 2. The normalized spacial score (nSPS) is 12.1. The van der Waals surface area contributed by atoms with Crippen LogP contribution in [0, 0.1) is 23.8 Å². The first-order valence-electron chi connectivity index (χ1n) is 21.5. The third-order valence-corrected chi connectivity index (χ3v) is 11.9. The second-order valence-electron chi connectivity index (χ2n) is 17.2. The van der Waals surface area contributed by atoms with Gasteiger partial charge in [0.05, 0.1) is 11.1 Å². The van der Waals surface area contributed by atoms with Crippen LogP contribution in [0.4, 0.5) is 31.5 Å². The van der Waals surface area contributed by atoms with Crippen LogP contribution < -0.4 is 13.9 Å². The average Bonchev–Trinajstić information content (AvgIpc) is 3.87. The molecule has 0 spiro atoms. The van der Waals surface area contributed by atoms with E-state index in [1.54, 1.807) is 0 Å². The summed E-state index contributed by atoms with van der Waals surface area (Å²) in [6, 6.07) is 69.1. The van der Waals surface area contributed by atoms with Crippen molar-refractivity contribution in [2.75, 3.05) is 0 Å². The van der Waals surface area contributed by atoms with Gasteiger partial charge in [-0.15, -0.1) is 29.1 Å². The second-order valence-corrected chi connectivity index (χ2v) is 17.2. The van der Waals surface area contributed by atoms with Crippen LogP contribution >= 0.6 is 0 Å². The van der Waals surface area contributed by atoms with E-state index in [0.29, 0.717) is 28.3 Å². The molecule has 8 heteroatoms. The van der Waals surface area contributed by atoms with Gasteiger partial charge in [0.1, 0.15) is 23.1 Å². The van der Waals surface area contributed by atoms with Crippen LogP contribution in [-0.4, -0.2) is 15.6 Å². The summed E-state index contributed by atoms with van der Waals surface area (Å²) in [5.41, 5.74) is 10.8. The summed E-state index contributed by atoms with van der Waals surface area (Å²) in [4.78, 5) is 4.86. The van der Waals surface area contributed by atoms with Gasteiger partial charge in [0, 0.05) is 41.4 Å². The van der Waals surface area contributed by atoms with Gasteiger partial charge in [-0.05, 0) is 80.1 Å². The molecular weight excluding hydrogens is 1000 g/mol. The molecule has 0 bridgehead atoms. The number of hydrogen-bond acceptors (Lipinski definition) is 2. The Morgan fingerprint density at radius 3 is 1.94 bits per heavy atom. The van der Waals surface area contributed by atoms with Crippen LogP contribution in [0.1, 0.15) is 26.3 Å². The molecule has 5 nitrogen and oxygen atoms in total. The molecule has 1 aliphatic rings. The number of benzene rings is 8. The fraction of sp³-hybridized carbons (Fsp3) is 0.0690. The predicted molar refractivity (Wildman–Crippen MR) is 258 cm³/mol. The van der Waals surface area contributed by atoms with E-state index in [0.717, 1.165) is 73.0 Å². The molecule has 0 atom stereocenters. The van der Waals surface area contributed by atoms with Crippen LogP contribution in [0.2, 0.25) is 0 Å². The van der Waals surface area contributed by atoms with E-state index in [1.165, 1.54) is 17.7 Å². The quantitative estimate of drug-likeness (QED) is 0.112. The summed E-state index contributed by atoms with van der Waals surface area (Å²) < 4.78 is 42.7.